The average Bonchev–Trinajstić information content (AvgIpc) is 3.12. The highest BCUT2D eigenvalue weighted by atomic mass is 16.5. The molecule has 2 aliphatic heterocycles. The number of fused-ring (bicyclic) bond motifs is 2. The van der Waals surface area contributed by atoms with Crippen LogP contribution in [0.2, 0.25) is 0 Å². The Balaban J connectivity index is 1.49. The maximum Gasteiger partial charge on any atom is 0.317 e. The molecule has 2 aliphatic rings. The molecule has 1 aromatic heterocycles. The third-order valence-corrected chi connectivity index (χ3v) is 5.32. The van der Waals surface area contributed by atoms with Gasteiger partial charge in [0, 0.05) is 45.5 Å². The van der Waals surface area contributed by atoms with Gasteiger partial charge in [0.1, 0.15) is 0 Å². The number of likely N-dealkylation sites (tertiary alicyclic amines) is 1. The van der Waals surface area contributed by atoms with Gasteiger partial charge in [0.2, 0.25) is 5.95 Å². The van der Waals surface area contributed by atoms with Gasteiger partial charge in [-0.05, 0) is 12.0 Å². The minimum atomic E-state index is -0.245. The van der Waals surface area contributed by atoms with Crippen molar-refractivity contribution in [2.45, 2.75) is 25.0 Å². The molecule has 7 heteroatoms. The van der Waals surface area contributed by atoms with Gasteiger partial charge in [-0.1, -0.05) is 30.3 Å². The fraction of sp³-hybridized carbons (Fsp3) is 0.450. The van der Waals surface area contributed by atoms with Crippen molar-refractivity contribution in [2.24, 2.45) is 0 Å². The second kappa shape index (κ2) is 7.15. The van der Waals surface area contributed by atoms with Crippen LogP contribution in [0.15, 0.2) is 36.5 Å². The zero-order valence-corrected chi connectivity index (χ0v) is 15.8. The number of carbonyl (C=O) groups is 1. The van der Waals surface area contributed by atoms with Crippen LogP contribution < -0.4 is 10.2 Å². The largest absolute Gasteiger partial charge is 0.376 e. The fourth-order valence-corrected chi connectivity index (χ4v) is 3.84. The molecule has 142 valence electrons. The molecule has 0 radical (unpaired) electrons. The highest BCUT2D eigenvalue weighted by Crippen LogP contribution is 2.39. The summed E-state index contributed by atoms with van der Waals surface area (Å²) in [6, 6.07) is 9.91. The lowest BCUT2D eigenvalue weighted by Crippen LogP contribution is -2.44. The van der Waals surface area contributed by atoms with Crippen LogP contribution in [0.3, 0.4) is 0 Å². The van der Waals surface area contributed by atoms with Gasteiger partial charge in [-0.3, -0.25) is 0 Å². The van der Waals surface area contributed by atoms with Crippen molar-refractivity contribution in [3.8, 4) is 0 Å². The molecule has 1 saturated heterocycles. The Hall–Kier alpha value is -2.67. The van der Waals surface area contributed by atoms with Crippen LogP contribution in [-0.2, 0) is 23.3 Å². The Morgan fingerprint density at radius 1 is 1.33 bits per heavy atom. The molecule has 27 heavy (non-hydrogen) atoms. The minimum Gasteiger partial charge on any atom is -0.376 e. The van der Waals surface area contributed by atoms with Crippen molar-refractivity contribution in [3.05, 3.63) is 53.3 Å². The molecule has 7 nitrogen and oxygen atoms in total. The van der Waals surface area contributed by atoms with E-state index >= 15 is 0 Å². The highest BCUT2D eigenvalue weighted by molar-refractivity contribution is 5.74. The molecule has 4 rings (SSSR count). The molecule has 0 aliphatic carbocycles. The zero-order chi connectivity index (χ0) is 18.9. The summed E-state index contributed by atoms with van der Waals surface area (Å²) in [5.41, 5.74) is 2.91. The van der Waals surface area contributed by atoms with E-state index in [1.807, 2.05) is 60.4 Å². The summed E-state index contributed by atoms with van der Waals surface area (Å²) in [6.45, 7) is 2.97. The molecule has 1 fully saturated rings. The second-order valence-corrected chi connectivity index (χ2v) is 7.53. The summed E-state index contributed by atoms with van der Waals surface area (Å²) in [4.78, 5) is 25.7. The summed E-state index contributed by atoms with van der Waals surface area (Å²) >= 11 is 0. The van der Waals surface area contributed by atoms with Gasteiger partial charge < -0.3 is 19.9 Å². The van der Waals surface area contributed by atoms with E-state index in [0.29, 0.717) is 38.8 Å². The second-order valence-electron chi connectivity index (χ2n) is 7.53. The lowest BCUT2D eigenvalue weighted by molar-refractivity contribution is 0.0518. The Morgan fingerprint density at radius 3 is 2.93 bits per heavy atom. The van der Waals surface area contributed by atoms with Crippen molar-refractivity contribution < 1.29 is 9.53 Å². The molecule has 1 atom stereocenters. The molecule has 3 heterocycles. The predicted molar refractivity (Wildman–Crippen MR) is 103 cm³/mol. The van der Waals surface area contributed by atoms with Crippen LogP contribution in [0.5, 0.6) is 0 Å². The van der Waals surface area contributed by atoms with Crippen LogP contribution in [0, 0.1) is 0 Å². The molecule has 0 saturated carbocycles. The quantitative estimate of drug-likeness (QED) is 0.898. The Morgan fingerprint density at radius 2 is 2.15 bits per heavy atom. The number of carbonyl (C=O) groups excluding carboxylic acids is 1. The summed E-state index contributed by atoms with van der Waals surface area (Å²) in [5, 5.41) is 3.02. The Labute approximate surface area is 159 Å². The molecule has 1 spiro atoms. The highest BCUT2D eigenvalue weighted by Gasteiger charge is 2.46. The lowest BCUT2D eigenvalue weighted by Gasteiger charge is -2.34. The van der Waals surface area contributed by atoms with Crippen LogP contribution in [0.4, 0.5) is 10.7 Å². The van der Waals surface area contributed by atoms with Crippen LogP contribution in [0.25, 0.3) is 0 Å². The van der Waals surface area contributed by atoms with E-state index < -0.39 is 0 Å². The molecular formula is C20H25N5O2. The number of anilines is 1. The van der Waals surface area contributed by atoms with E-state index in [-0.39, 0.29) is 11.4 Å². The summed E-state index contributed by atoms with van der Waals surface area (Å²) in [6.07, 6.45) is 2.71. The number of amides is 2. The normalized spacial score (nSPS) is 21.2. The van der Waals surface area contributed by atoms with E-state index in [2.05, 4.69) is 10.3 Å². The van der Waals surface area contributed by atoms with Crippen LogP contribution >= 0.6 is 0 Å². The number of nitrogens with zero attached hydrogens (tertiary/aromatic N) is 4. The van der Waals surface area contributed by atoms with Gasteiger partial charge in [-0.15, -0.1) is 0 Å². The monoisotopic (exact) mass is 367 g/mol. The lowest BCUT2D eigenvalue weighted by atomic mass is 9.80. The third-order valence-electron chi connectivity index (χ3n) is 5.32. The fourth-order valence-electron chi connectivity index (χ4n) is 3.84. The number of rotatable bonds is 3. The van der Waals surface area contributed by atoms with Crippen molar-refractivity contribution in [2.75, 3.05) is 38.7 Å². The van der Waals surface area contributed by atoms with E-state index in [0.717, 1.165) is 23.2 Å². The van der Waals surface area contributed by atoms with Crippen molar-refractivity contribution in [1.29, 1.82) is 0 Å². The Bertz CT molecular complexity index is 826. The van der Waals surface area contributed by atoms with Gasteiger partial charge in [-0.25, -0.2) is 14.8 Å². The van der Waals surface area contributed by atoms with Crippen molar-refractivity contribution in [3.63, 3.8) is 0 Å². The first kappa shape index (κ1) is 17.7. The van der Waals surface area contributed by atoms with E-state index in [9.17, 15) is 4.79 Å². The average molecular weight is 367 g/mol. The Kier molecular flexibility index (Phi) is 4.70. The number of benzene rings is 1. The number of urea groups is 1. The van der Waals surface area contributed by atoms with Gasteiger partial charge in [0.15, 0.2) is 0 Å². The molecule has 1 aromatic carbocycles. The summed E-state index contributed by atoms with van der Waals surface area (Å²) < 4.78 is 5.84. The summed E-state index contributed by atoms with van der Waals surface area (Å²) in [7, 11) is 3.87. The standard InChI is InChI=1S/C20H25N5O2/c1-24(2)18-21-11-16-12-27-14-20(17(16)23-18)8-9-25(13-20)19(26)22-10-15-6-4-3-5-7-15/h3-7,11H,8-10,12-14H2,1-2H3,(H,22,26)/t20-/m1/s1. The molecule has 0 unspecified atom stereocenters. The first-order valence-electron chi connectivity index (χ1n) is 9.26. The molecule has 0 bridgehead atoms. The first-order chi connectivity index (χ1) is 13.1. The topological polar surface area (TPSA) is 70.6 Å². The maximum absolute atomic E-state index is 12.7. The smallest absolute Gasteiger partial charge is 0.317 e. The molecule has 2 amide bonds. The van der Waals surface area contributed by atoms with Crippen molar-refractivity contribution in [1.82, 2.24) is 20.2 Å². The zero-order valence-electron chi connectivity index (χ0n) is 15.8. The van der Waals surface area contributed by atoms with E-state index in [4.69, 9.17) is 9.72 Å². The molecule has 1 N–H and O–H groups in total. The van der Waals surface area contributed by atoms with Crippen LogP contribution in [0.1, 0.15) is 23.2 Å². The molecule has 2 aromatic rings. The van der Waals surface area contributed by atoms with E-state index in [1.54, 1.807) is 0 Å². The predicted octanol–water partition coefficient (Wildman–Crippen LogP) is 1.93. The van der Waals surface area contributed by atoms with Gasteiger partial charge in [0.25, 0.3) is 0 Å². The number of ether oxygens (including phenoxy) is 1. The van der Waals surface area contributed by atoms with Gasteiger partial charge in [0.05, 0.1) is 24.3 Å². The number of nitrogens with one attached hydrogen (secondary N) is 1. The summed E-state index contributed by atoms with van der Waals surface area (Å²) in [5.74, 6) is 0.696. The third kappa shape index (κ3) is 3.47. The number of hydrogen-bond acceptors (Lipinski definition) is 5. The van der Waals surface area contributed by atoms with Crippen molar-refractivity contribution >= 4 is 12.0 Å². The molecular weight excluding hydrogens is 342 g/mol. The SMILES string of the molecule is CN(C)c1ncc2c(n1)[C@@]1(CCN(C(=O)NCc3ccccc3)C1)COC2. The van der Waals surface area contributed by atoms with Gasteiger partial charge >= 0.3 is 6.03 Å². The van der Waals surface area contributed by atoms with Crippen LogP contribution in [-0.4, -0.2) is 54.7 Å². The first-order valence-corrected chi connectivity index (χ1v) is 9.26. The van der Waals surface area contributed by atoms with E-state index in [1.165, 1.54) is 0 Å². The number of aromatic nitrogens is 2. The minimum absolute atomic E-state index is 0.0373. The number of hydrogen-bond donors (Lipinski definition) is 1. The van der Waals surface area contributed by atoms with Gasteiger partial charge in [-0.2, -0.15) is 0 Å². The maximum atomic E-state index is 12.7.